The third-order valence-corrected chi connectivity index (χ3v) is 3.50. The Labute approximate surface area is 108 Å². The number of methoxy groups -OCH3 is 2. The van der Waals surface area contributed by atoms with E-state index in [9.17, 15) is 5.26 Å². The minimum Gasteiger partial charge on any atom is -0.493 e. The normalized spacial score (nSPS) is 18.9. The van der Waals surface area contributed by atoms with Gasteiger partial charge in [0.1, 0.15) is 6.04 Å². The fourth-order valence-corrected chi connectivity index (χ4v) is 2.49. The summed E-state index contributed by atoms with van der Waals surface area (Å²) in [7, 11) is 3.25. The quantitative estimate of drug-likeness (QED) is 0.819. The molecule has 0 radical (unpaired) electrons. The molecular formula is C14H18N2O2. The van der Waals surface area contributed by atoms with Gasteiger partial charge >= 0.3 is 0 Å². The van der Waals surface area contributed by atoms with E-state index in [1.165, 1.54) is 5.56 Å². The SMILES string of the molecule is CCN1CCc2cc(OC)c(OC)cc2C1C#N. The fourth-order valence-electron chi connectivity index (χ4n) is 2.49. The van der Waals surface area contributed by atoms with Crippen molar-refractivity contribution in [3.63, 3.8) is 0 Å². The summed E-state index contributed by atoms with van der Waals surface area (Å²) in [5.74, 6) is 1.42. The Hall–Kier alpha value is -1.73. The molecule has 0 N–H and O–H groups in total. The minimum atomic E-state index is -0.182. The lowest BCUT2D eigenvalue weighted by Crippen LogP contribution is -2.34. The molecule has 0 saturated carbocycles. The maximum Gasteiger partial charge on any atom is 0.161 e. The van der Waals surface area contributed by atoms with Crippen molar-refractivity contribution in [2.75, 3.05) is 27.3 Å². The van der Waals surface area contributed by atoms with Crippen LogP contribution in [-0.2, 0) is 6.42 Å². The first-order valence-corrected chi connectivity index (χ1v) is 6.13. The van der Waals surface area contributed by atoms with Crippen LogP contribution in [0.15, 0.2) is 12.1 Å². The molecule has 0 bridgehead atoms. The summed E-state index contributed by atoms with van der Waals surface area (Å²) in [6, 6.07) is 6.12. The van der Waals surface area contributed by atoms with Crippen LogP contribution in [0, 0.1) is 11.3 Å². The second kappa shape index (κ2) is 5.28. The molecule has 1 aromatic rings. The molecule has 0 spiro atoms. The monoisotopic (exact) mass is 246 g/mol. The molecule has 4 heteroatoms. The van der Waals surface area contributed by atoms with E-state index in [1.807, 2.05) is 12.1 Å². The Morgan fingerprint density at radius 2 is 2.00 bits per heavy atom. The summed E-state index contributed by atoms with van der Waals surface area (Å²) < 4.78 is 10.6. The third-order valence-electron chi connectivity index (χ3n) is 3.50. The van der Waals surface area contributed by atoms with Crippen molar-refractivity contribution in [3.8, 4) is 17.6 Å². The highest BCUT2D eigenvalue weighted by Gasteiger charge is 2.27. The average molecular weight is 246 g/mol. The van der Waals surface area contributed by atoms with Gasteiger partial charge in [0.15, 0.2) is 11.5 Å². The molecule has 96 valence electrons. The van der Waals surface area contributed by atoms with E-state index in [-0.39, 0.29) is 6.04 Å². The van der Waals surface area contributed by atoms with E-state index in [4.69, 9.17) is 9.47 Å². The van der Waals surface area contributed by atoms with Crippen LogP contribution in [0.5, 0.6) is 11.5 Å². The van der Waals surface area contributed by atoms with Crippen molar-refractivity contribution in [1.82, 2.24) is 4.90 Å². The Kier molecular flexibility index (Phi) is 3.73. The van der Waals surface area contributed by atoms with E-state index in [0.29, 0.717) is 5.75 Å². The second-order valence-electron chi connectivity index (χ2n) is 4.32. The van der Waals surface area contributed by atoms with Gasteiger partial charge in [-0.05, 0) is 36.2 Å². The number of rotatable bonds is 3. The van der Waals surface area contributed by atoms with Gasteiger partial charge in [-0.15, -0.1) is 0 Å². The molecule has 0 saturated heterocycles. The fraction of sp³-hybridized carbons (Fsp3) is 0.500. The Bertz CT molecular complexity index is 479. The van der Waals surface area contributed by atoms with Crippen molar-refractivity contribution >= 4 is 0 Å². The van der Waals surface area contributed by atoms with Crippen molar-refractivity contribution in [2.24, 2.45) is 0 Å². The number of ether oxygens (including phenoxy) is 2. The molecule has 1 atom stereocenters. The second-order valence-corrected chi connectivity index (χ2v) is 4.32. The lowest BCUT2D eigenvalue weighted by Gasteiger charge is -2.32. The van der Waals surface area contributed by atoms with E-state index in [0.717, 1.165) is 30.8 Å². The van der Waals surface area contributed by atoms with Crippen LogP contribution in [0.3, 0.4) is 0 Å². The van der Waals surface area contributed by atoms with Crippen LogP contribution in [0.1, 0.15) is 24.1 Å². The van der Waals surface area contributed by atoms with Gasteiger partial charge in [0.25, 0.3) is 0 Å². The number of fused-ring (bicyclic) bond motifs is 1. The Morgan fingerprint density at radius 1 is 1.33 bits per heavy atom. The zero-order valence-electron chi connectivity index (χ0n) is 11.1. The molecule has 18 heavy (non-hydrogen) atoms. The zero-order valence-corrected chi connectivity index (χ0v) is 11.1. The van der Waals surface area contributed by atoms with E-state index < -0.39 is 0 Å². The molecule has 1 heterocycles. The Balaban J connectivity index is 2.49. The molecule has 1 aliphatic rings. The van der Waals surface area contributed by atoms with Gasteiger partial charge in [0.2, 0.25) is 0 Å². The average Bonchev–Trinajstić information content (AvgIpc) is 2.44. The number of likely N-dealkylation sites (N-methyl/N-ethyl adjacent to an activating group) is 1. The predicted molar refractivity (Wildman–Crippen MR) is 68.9 cm³/mol. The van der Waals surface area contributed by atoms with Crippen LogP contribution in [-0.4, -0.2) is 32.2 Å². The topological polar surface area (TPSA) is 45.5 Å². The standard InChI is InChI=1S/C14H18N2O2/c1-4-16-6-5-10-7-13(17-2)14(18-3)8-11(10)12(16)9-15/h7-8,12H,4-6H2,1-3H3. The van der Waals surface area contributed by atoms with Gasteiger partial charge in [-0.2, -0.15) is 5.26 Å². The maximum absolute atomic E-state index is 9.37. The number of benzene rings is 1. The van der Waals surface area contributed by atoms with Gasteiger partial charge in [-0.1, -0.05) is 6.92 Å². The summed E-state index contributed by atoms with van der Waals surface area (Å²) in [6.45, 7) is 3.87. The van der Waals surface area contributed by atoms with E-state index in [1.54, 1.807) is 14.2 Å². The summed E-state index contributed by atoms with van der Waals surface area (Å²) in [5, 5.41) is 9.37. The van der Waals surface area contributed by atoms with Crippen molar-refractivity contribution in [2.45, 2.75) is 19.4 Å². The molecule has 1 aliphatic heterocycles. The summed E-state index contributed by atoms with van der Waals surface area (Å²) in [4.78, 5) is 2.17. The van der Waals surface area contributed by atoms with Crippen molar-refractivity contribution in [3.05, 3.63) is 23.3 Å². The molecule has 0 aliphatic carbocycles. The van der Waals surface area contributed by atoms with E-state index in [2.05, 4.69) is 17.9 Å². The lowest BCUT2D eigenvalue weighted by molar-refractivity contribution is 0.235. The van der Waals surface area contributed by atoms with Crippen molar-refractivity contribution in [1.29, 1.82) is 5.26 Å². The number of nitriles is 1. The van der Waals surface area contributed by atoms with E-state index >= 15 is 0 Å². The van der Waals surface area contributed by atoms with Gasteiger partial charge in [-0.25, -0.2) is 0 Å². The predicted octanol–water partition coefficient (Wildman–Crippen LogP) is 2.15. The molecule has 4 nitrogen and oxygen atoms in total. The summed E-state index contributed by atoms with van der Waals surface area (Å²) >= 11 is 0. The van der Waals surface area contributed by atoms with Gasteiger partial charge in [0, 0.05) is 6.54 Å². The molecule has 2 rings (SSSR count). The number of nitrogens with zero attached hydrogens (tertiary/aromatic N) is 2. The van der Waals surface area contributed by atoms with Crippen LogP contribution < -0.4 is 9.47 Å². The molecular weight excluding hydrogens is 228 g/mol. The summed E-state index contributed by atoms with van der Waals surface area (Å²) in [5.41, 5.74) is 2.23. The van der Waals surface area contributed by atoms with Gasteiger partial charge in [0.05, 0.1) is 20.3 Å². The first kappa shape index (κ1) is 12.7. The van der Waals surface area contributed by atoms with Crippen LogP contribution in [0.4, 0.5) is 0 Å². The maximum atomic E-state index is 9.37. The minimum absolute atomic E-state index is 0.182. The highest BCUT2D eigenvalue weighted by molar-refractivity contribution is 5.50. The first-order chi connectivity index (χ1) is 8.74. The highest BCUT2D eigenvalue weighted by atomic mass is 16.5. The summed E-state index contributed by atoms with van der Waals surface area (Å²) in [6.07, 6.45) is 0.946. The third kappa shape index (κ3) is 2.02. The van der Waals surface area contributed by atoms with Crippen LogP contribution in [0.2, 0.25) is 0 Å². The highest BCUT2D eigenvalue weighted by Crippen LogP contribution is 2.37. The first-order valence-electron chi connectivity index (χ1n) is 6.13. The number of hydrogen-bond donors (Lipinski definition) is 0. The number of hydrogen-bond acceptors (Lipinski definition) is 4. The largest absolute Gasteiger partial charge is 0.493 e. The van der Waals surface area contributed by atoms with Gasteiger partial charge in [-0.3, -0.25) is 4.90 Å². The van der Waals surface area contributed by atoms with Crippen LogP contribution >= 0.6 is 0 Å². The van der Waals surface area contributed by atoms with Crippen LogP contribution in [0.25, 0.3) is 0 Å². The molecule has 0 aromatic heterocycles. The lowest BCUT2D eigenvalue weighted by atomic mass is 9.92. The molecule has 0 amide bonds. The van der Waals surface area contributed by atoms with Crippen molar-refractivity contribution < 1.29 is 9.47 Å². The Morgan fingerprint density at radius 3 is 2.56 bits per heavy atom. The van der Waals surface area contributed by atoms with Gasteiger partial charge < -0.3 is 9.47 Å². The molecule has 0 fully saturated rings. The zero-order chi connectivity index (χ0) is 13.1. The smallest absolute Gasteiger partial charge is 0.161 e. The molecule has 1 aromatic carbocycles. The molecule has 1 unspecified atom stereocenters.